The lowest BCUT2D eigenvalue weighted by atomic mass is 10.1. The molecule has 0 fully saturated rings. The van der Waals surface area contributed by atoms with Gasteiger partial charge in [0.2, 0.25) is 11.8 Å². The maximum atomic E-state index is 13.1. The number of halogens is 2. The second-order valence-electron chi connectivity index (χ2n) is 7.33. The summed E-state index contributed by atoms with van der Waals surface area (Å²) in [5.41, 5.74) is 1.88. The average molecular weight is 481 g/mol. The molecule has 1 atom stereocenters. The van der Waals surface area contributed by atoms with Gasteiger partial charge in [0.15, 0.2) is 0 Å². The summed E-state index contributed by atoms with van der Waals surface area (Å²) in [4.78, 5) is 27.3. The SMILES string of the molecule is CCCCNC(=O)C(C)N(Cc1c(Cl)cccc1Cl)C(=O)CCSCc1ccccc1. The first-order chi connectivity index (χ1) is 14.9. The Kier molecular flexibility index (Phi) is 11.3. The third-order valence-electron chi connectivity index (χ3n) is 4.96. The van der Waals surface area contributed by atoms with Crippen molar-refractivity contribution in [2.45, 2.75) is 51.4 Å². The second-order valence-corrected chi connectivity index (χ2v) is 9.25. The molecule has 0 saturated heterocycles. The fourth-order valence-corrected chi connectivity index (χ4v) is 4.45. The van der Waals surface area contributed by atoms with Crippen molar-refractivity contribution in [3.8, 4) is 0 Å². The minimum absolute atomic E-state index is 0.0883. The first-order valence-corrected chi connectivity index (χ1v) is 12.5. The van der Waals surface area contributed by atoms with E-state index in [-0.39, 0.29) is 18.4 Å². The van der Waals surface area contributed by atoms with Crippen molar-refractivity contribution in [1.29, 1.82) is 0 Å². The van der Waals surface area contributed by atoms with Crippen LogP contribution in [0.25, 0.3) is 0 Å². The van der Waals surface area contributed by atoms with Crippen molar-refractivity contribution < 1.29 is 9.59 Å². The molecule has 0 radical (unpaired) electrons. The fourth-order valence-electron chi connectivity index (χ4n) is 3.04. The summed E-state index contributed by atoms with van der Waals surface area (Å²) < 4.78 is 0. The topological polar surface area (TPSA) is 49.4 Å². The number of thioether (sulfide) groups is 1. The molecule has 2 aromatic rings. The number of carbonyl (C=O) groups excluding carboxylic acids is 2. The molecular weight excluding hydrogens is 451 g/mol. The second kappa shape index (κ2) is 13.7. The van der Waals surface area contributed by atoms with Crippen molar-refractivity contribution in [3.05, 3.63) is 69.7 Å². The van der Waals surface area contributed by atoms with Gasteiger partial charge in [-0.15, -0.1) is 0 Å². The van der Waals surface area contributed by atoms with Crippen LogP contribution in [-0.4, -0.2) is 35.1 Å². The molecule has 4 nitrogen and oxygen atoms in total. The molecule has 1 N–H and O–H groups in total. The van der Waals surface area contributed by atoms with Gasteiger partial charge in [-0.2, -0.15) is 11.8 Å². The summed E-state index contributed by atoms with van der Waals surface area (Å²) in [7, 11) is 0. The van der Waals surface area contributed by atoms with Gasteiger partial charge in [0.25, 0.3) is 0 Å². The monoisotopic (exact) mass is 480 g/mol. The van der Waals surface area contributed by atoms with Crippen molar-refractivity contribution in [1.82, 2.24) is 10.2 Å². The molecular formula is C24H30Cl2N2O2S. The Hall–Kier alpha value is -1.69. The van der Waals surface area contributed by atoms with Gasteiger partial charge < -0.3 is 10.2 Å². The predicted octanol–water partition coefficient (Wildman–Crippen LogP) is 5.95. The van der Waals surface area contributed by atoms with Gasteiger partial charge in [0.05, 0.1) is 0 Å². The van der Waals surface area contributed by atoms with E-state index < -0.39 is 6.04 Å². The molecule has 0 saturated carbocycles. The molecule has 0 aliphatic rings. The van der Waals surface area contributed by atoms with E-state index in [9.17, 15) is 9.59 Å². The van der Waals surface area contributed by atoms with E-state index in [0.29, 0.717) is 34.3 Å². The normalized spacial score (nSPS) is 11.7. The highest BCUT2D eigenvalue weighted by Crippen LogP contribution is 2.27. The summed E-state index contributed by atoms with van der Waals surface area (Å²) >= 11 is 14.4. The minimum atomic E-state index is -0.615. The highest BCUT2D eigenvalue weighted by atomic mass is 35.5. The highest BCUT2D eigenvalue weighted by molar-refractivity contribution is 7.98. The van der Waals surface area contributed by atoms with E-state index in [1.165, 1.54) is 5.56 Å². The summed E-state index contributed by atoms with van der Waals surface area (Å²) in [6, 6.07) is 14.8. The zero-order valence-electron chi connectivity index (χ0n) is 18.1. The molecule has 0 aromatic heterocycles. The first kappa shape index (κ1) is 25.6. The molecule has 1 unspecified atom stereocenters. The lowest BCUT2D eigenvalue weighted by Crippen LogP contribution is -2.48. The zero-order valence-corrected chi connectivity index (χ0v) is 20.4. The van der Waals surface area contributed by atoms with Gasteiger partial charge >= 0.3 is 0 Å². The number of benzene rings is 2. The standard InChI is InChI=1S/C24H30Cl2N2O2S/c1-3-4-14-27-24(30)18(2)28(16-20-21(25)11-8-12-22(20)26)23(29)13-15-31-17-19-9-6-5-7-10-19/h5-12,18H,3-4,13-17H2,1-2H3,(H,27,30). The van der Waals surface area contributed by atoms with Gasteiger partial charge in [0.1, 0.15) is 6.04 Å². The van der Waals surface area contributed by atoms with Crippen LogP contribution in [0.3, 0.4) is 0 Å². The predicted molar refractivity (Wildman–Crippen MR) is 132 cm³/mol. The summed E-state index contributed by atoms with van der Waals surface area (Å²) in [5, 5.41) is 3.90. The summed E-state index contributed by atoms with van der Waals surface area (Å²) in [6.07, 6.45) is 2.23. The third kappa shape index (κ3) is 8.40. The Morgan fingerprint density at radius 1 is 1.06 bits per heavy atom. The van der Waals surface area contributed by atoms with Gasteiger partial charge in [-0.05, 0) is 31.0 Å². The lowest BCUT2D eigenvalue weighted by Gasteiger charge is -2.29. The number of unbranched alkanes of at least 4 members (excludes halogenated alkanes) is 1. The molecule has 2 rings (SSSR count). The van der Waals surface area contributed by atoms with Gasteiger partial charge in [-0.1, -0.05) is 72.9 Å². The number of hydrogen-bond donors (Lipinski definition) is 1. The maximum Gasteiger partial charge on any atom is 0.242 e. The van der Waals surface area contributed by atoms with E-state index in [4.69, 9.17) is 23.2 Å². The van der Waals surface area contributed by atoms with Gasteiger partial charge in [-0.3, -0.25) is 9.59 Å². The molecule has 0 spiro atoms. The lowest BCUT2D eigenvalue weighted by molar-refractivity contribution is -0.140. The van der Waals surface area contributed by atoms with Crippen LogP contribution in [0.4, 0.5) is 0 Å². The number of carbonyl (C=O) groups is 2. The molecule has 0 aliphatic carbocycles. The maximum absolute atomic E-state index is 13.1. The summed E-state index contributed by atoms with van der Waals surface area (Å²) in [5.74, 6) is 1.26. The van der Waals surface area contributed by atoms with E-state index >= 15 is 0 Å². The smallest absolute Gasteiger partial charge is 0.242 e. The van der Waals surface area contributed by atoms with Crippen molar-refractivity contribution in [2.24, 2.45) is 0 Å². The van der Waals surface area contributed by atoms with Crippen LogP contribution in [0.5, 0.6) is 0 Å². The molecule has 7 heteroatoms. The Labute approximate surface area is 199 Å². The van der Waals surface area contributed by atoms with Crippen LogP contribution in [0, 0.1) is 0 Å². The Morgan fingerprint density at radius 3 is 2.39 bits per heavy atom. The average Bonchev–Trinajstić information content (AvgIpc) is 2.77. The van der Waals surface area contributed by atoms with E-state index in [1.807, 2.05) is 18.2 Å². The largest absolute Gasteiger partial charge is 0.354 e. The number of hydrogen-bond acceptors (Lipinski definition) is 3. The van der Waals surface area contributed by atoms with Crippen LogP contribution in [0.15, 0.2) is 48.5 Å². The van der Waals surface area contributed by atoms with Crippen molar-refractivity contribution >= 4 is 46.8 Å². The number of nitrogens with zero attached hydrogens (tertiary/aromatic N) is 1. The van der Waals surface area contributed by atoms with Crippen LogP contribution in [0.2, 0.25) is 10.0 Å². The number of nitrogens with one attached hydrogen (secondary N) is 1. The Morgan fingerprint density at radius 2 is 1.74 bits per heavy atom. The summed E-state index contributed by atoms with van der Waals surface area (Å²) in [6.45, 7) is 4.61. The van der Waals surface area contributed by atoms with Crippen LogP contribution in [-0.2, 0) is 21.9 Å². The van der Waals surface area contributed by atoms with Gasteiger partial charge in [0, 0.05) is 46.6 Å². The quantitative estimate of drug-likeness (QED) is 0.381. The first-order valence-electron chi connectivity index (χ1n) is 10.6. The van der Waals surface area contributed by atoms with E-state index in [1.54, 1.807) is 41.8 Å². The highest BCUT2D eigenvalue weighted by Gasteiger charge is 2.27. The Bertz CT molecular complexity index is 828. The van der Waals surface area contributed by atoms with E-state index in [0.717, 1.165) is 18.6 Å². The molecule has 0 bridgehead atoms. The molecule has 2 aromatic carbocycles. The number of rotatable bonds is 12. The molecule has 2 amide bonds. The van der Waals surface area contributed by atoms with Gasteiger partial charge in [-0.25, -0.2) is 0 Å². The van der Waals surface area contributed by atoms with Crippen LogP contribution >= 0.6 is 35.0 Å². The van der Waals surface area contributed by atoms with Crippen molar-refractivity contribution in [3.63, 3.8) is 0 Å². The number of amides is 2. The third-order valence-corrected chi connectivity index (χ3v) is 6.70. The van der Waals surface area contributed by atoms with Crippen LogP contribution in [0.1, 0.15) is 44.2 Å². The minimum Gasteiger partial charge on any atom is -0.354 e. The zero-order chi connectivity index (χ0) is 22.6. The van der Waals surface area contributed by atoms with Crippen LogP contribution < -0.4 is 5.32 Å². The van der Waals surface area contributed by atoms with Crippen molar-refractivity contribution in [2.75, 3.05) is 12.3 Å². The van der Waals surface area contributed by atoms with E-state index in [2.05, 4.69) is 24.4 Å². The molecule has 0 aliphatic heterocycles. The Balaban J connectivity index is 2.04. The fraction of sp³-hybridized carbons (Fsp3) is 0.417. The molecule has 168 valence electrons. The molecule has 31 heavy (non-hydrogen) atoms. The molecule has 0 heterocycles.